The van der Waals surface area contributed by atoms with Crippen LogP contribution in [0, 0.1) is 0 Å². The van der Waals surface area contributed by atoms with Gasteiger partial charge in [-0.15, -0.1) is 0 Å². The number of benzene rings is 2. The molecule has 1 aromatic heterocycles. The molecule has 21 heavy (non-hydrogen) atoms. The topological polar surface area (TPSA) is 53.1 Å². The SMILES string of the molecule is CCc1ccccc1Cn1c(N)nc2ccc(OC)cc21. The van der Waals surface area contributed by atoms with Gasteiger partial charge in [0.2, 0.25) is 5.95 Å². The molecule has 4 heteroatoms. The summed E-state index contributed by atoms with van der Waals surface area (Å²) in [6.07, 6.45) is 1.01. The molecule has 0 aliphatic carbocycles. The zero-order chi connectivity index (χ0) is 14.8. The standard InChI is InChI=1S/C17H19N3O/c1-3-12-6-4-5-7-13(12)11-20-16-10-14(21-2)8-9-15(16)19-17(20)18/h4-10H,3,11H2,1-2H3,(H2,18,19). The molecule has 0 radical (unpaired) electrons. The first-order valence-electron chi connectivity index (χ1n) is 7.09. The average molecular weight is 281 g/mol. The number of nitrogen functional groups attached to an aromatic ring is 1. The number of aryl methyl sites for hydroxylation is 1. The van der Waals surface area contributed by atoms with Crippen molar-refractivity contribution in [2.24, 2.45) is 0 Å². The maximum Gasteiger partial charge on any atom is 0.201 e. The number of methoxy groups -OCH3 is 1. The van der Waals surface area contributed by atoms with Crippen molar-refractivity contribution in [3.8, 4) is 5.75 Å². The predicted molar refractivity (Wildman–Crippen MR) is 85.6 cm³/mol. The summed E-state index contributed by atoms with van der Waals surface area (Å²) in [6, 6.07) is 14.2. The second-order valence-corrected chi connectivity index (χ2v) is 5.03. The zero-order valence-electron chi connectivity index (χ0n) is 12.3. The number of imidazole rings is 1. The predicted octanol–water partition coefficient (Wildman–Crippen LogP) is 3.24. The summed E-state index contributed by atoms with van der Waals surface area (Å²) in [5.41, 5.74) is 10.6. The van der Waals surface area contributed by atoms with Crippen molar-refractivity contribution < 1.29 is 4.74 Å². The molecule has 4 nitrogen and oxygen atoms in total. The lowest BCUT2D eigenvalue weighted by Gasteiger charge is -2.11. The minimum atomic E-state index is 0.532. The first kappa shape index (κ1) is 13.5. The molecule has 0 saturated heterocycles. The largest absolute Gasteiger partial charge is 0.497 e. The van der Waals surface area contributed by atoms with Gasteiger partial charge in [-0.05, 0) is 29.7 Å². The Bertz CT molecular complexity index is 777. The summed E-state index contributed by atoms with van der Waals surface area (Å²) in [6.45, 7) is 2.89. The number of ether oxygens (including phenoxy) is 1. The molecule has 2 aromatic carbocycles. The highest BCUT2D eigenvalue weighted by Gasteiger charge is 2.11. The van der Waals surface area contributed by atoms with Crippen LogP contribution in [0.3, 0.4) is 0 Å². The van der Waals surface area contributed by atoms with Gasteiger partial charge in [-0.2, -0.15) is 0 Å². The van der Waals surface area contributed by atoms with E-state index in [4.69, 9.17) is 10.5 Å². The molecular weight excluding hydrogens is 262 g/mol. The third-order valence-corrected chi connectivity index (χ3v) is 3.81. The fourth-order valence-corrected chi connectivity index (χ4v) is 2.64. The quantitative estimate of drug-likeness (QED) is 0.798. The summed E-state index contributed by atoms with van der Waals surface area (Å²) in [4.78, 5) is 4.43. The Labute approximate surface area is 124 Å². The molecule has 0 amide bonds. The van der Waals surface area contributed by atoms with Gasteiger partial charge >= 0.3 is 0 Å². The van der Waals surface area contributed by atoms with Crippen LogP contribution in [0.15, 0.2) is 42.5 Å². The van der Waals surface area contributed by atoms with E-state index in [-0.39, 0.29) is 0 Å². The van der Waals surface area contributed by atoms with E-state index < -0.39 is 0 Å². The third-order valence-electron chi connectivity index (χ3n) is 3.81. The van der Waals surface area contributed by atoms with Crippen LogP contribution in [0.4, 0.5) is 5.95 Å². The highest BCUT2D eigenvalue weighted by molar-refractivity contribution is 5.80. The van der Waals surface area contributed by atoms with Crippen molar-refractivity contribution in [3.05, 3.63) is 53.6 Å². The minimum absolute atomic E-state index is 0.532. The second-order valence-electron chi connectivity index (χ2n) is 5.03. The Kier molecular flexibility index (Phi) is 3.52. The molecule has 108 valence electrons. The molecule has 0 fully saturated rings. The smallest absolute Gasteiger partial charge is 0.201 e. The first-order chi connectivity index (χ1) is 10.2. The fraction of sp³-hybridized carbons (Fsp3) is 0.235. The number of nitrogens with zero attached hydrogens (tertiary/aromatic N) is 2. The zero-order valence-corrected chi connectivity index (χ0v) is 12.3. The normalized spacial score (nSPS) is 11.0. The van der Waals surface area contributed by atoms with Gasteiger partial charge in [-0.3, -0.25) is 0 Å². The maximum atomic E-state index is 6.10. The van der Waals surface area contributed by atoms with E-state index in [1.165, 1.54) is 11.1 Å². The monoisotopic (exact) mass is 281 g/mol. The summed E-state index contributed by atoms with van der Waals surface area (Å²) in [5, 5.41) is 0. The Balaban J connectivity index is 2.09. The van der Waals surface area contributed by atoms with Gasteiger partial charge in [-0.25, -0.2) is 4.98 Å². The van der Waals surface area contributed by atoms with Crippen LogP contribution in [-0.2, 0) is 13.0 Å². The molecule has 3 rings (SSSR count). The van der Waals surface area contributed by atoms with E-state index in [1.54, 1.807) is 7.11 Å². The van der Waals surface area contributed by atoms with E-state index >= 15 is 0 Å². The van der Waals surface area contributed by atoms with Gasteiger partial charge in [0.15, 0.2) is 0 Å². The Morgan fingerprint density at radius 3 is 2.62 bits per heavy atom. The highest BCUT2D eigenvalue weighted by Crippen LogP contribution is 2.24. The van der Waals surface area contributed by atoms with Crippen molar-refractivity contribution in [2.75, 3.05) is 12.8 Å². The number of anilines is 1. The first-order valence-corrected chi connectivity index (χ1v) is 7.09. The Morgan fingerprint density at radius 2 is 1.90 bits per heavy atom. The lowest BCUT2D eigenvalue weighted by Crippen LogP contribution is -2.06. The van der Waals surface area contributed by atoms with Crippen LogP contribution in [0.25, 0.3) is 11.0 Å². The number of aromatic nitrogens is 2. The van der Waals surface area contributed by atoms with Crippen molar-refractivity contribution in [1.82, 2.24) is 9.55 Å². The summed E-state index contributed by atoms with van der Waals surface area (Å²) < 4.78 is 7.33. The molecule has 0 atom stereocenters. The third kappa shape index (κ3) is 2.44. The fourth-order valence-electron chi connectivity index (χ4n) is 2.64. The molecule has 0 bridgehead atoms. The molecular formula is C17H19N3O. The van der Waals surface area contributed by atoms with Gasteiger partial charge < -0.3 is 15.0 Å². The van der Waals surface area contributed by atoms with Crippen LogP contribution in [0.2, 0.25) is 0 Å². The number of nitrogens with two attached hydrogens (primary N) is 1. The van der Waals surface area contributed by atoms with Gasteiger partial charge in [-0.1, -0.05) is 31.2 Å². The molecule has 0 aliphatic rings. The van der Waals surface area contributed by atoms with Gasteiger partial charge in [0.25, 0.3) is 0 Å². The van der Waals surface area contributed by atoms with Crippen LogP contribution in [-0.4, -0.2) is 16.7 Å². The molecule has 3 aromatic rings. The average Bonchev–Trinajstić information content (AvgIpc) is 2.83. The van der Waals surface area contributed by atoms with Crippen molar-refractivity contribution >= 4 is 17.0 Å². The lowest BCUT2D eigenvalue weighted by molar-refractivity contribution is 0.415. The lowest BCUT2D eigenvalue weighted by atomic mass is 10.1. The number of fused-ring (bicyclic) bond motifs is 1. The van der Waals surface area contributed by atoms with Gasteiger partial charge in [0.1, 0.15) is 5.75 Å². The van der Waals surface area contributed by atoms with Gasteiger partial charge in [0.05, 0.1) is 24.7 Å². The van der Waals surface area contributed by atoms with Crippen LogP contribution in [0.5, 0.6) is 5.75 Å². The van der Waals surface area contributed by atoms with Gasteiger partial charge in [0, 0.05) is 6.07 Å². The summed E-state index contributed by atoms with van der Waals surface area (Å²) in [5.74, 6) is 1.34. The van der Waals surface area contributed by atoms with Crippen molar-refractivity contribution in [1.29, 1.82) is 0 Å². The number of hydrogen-bond acceptors (Lipinski definition) is 3. The van der Waals surface area contributed by atoms with Crippen LogP contribution in [0.1, 0.15) is 18.1 Å². The molecule has 0 unspecified atom stereocenters. The highest BCUT2D eigenvalue weighted by atomic mass is 16.5. The minimum Gasteiger partial charge on any atom is -0.497 e. The number of hydrogen-bond donors (Lipinski definition) is 1. The van der Waals surface area contributed by atoms with E-state index in [2.05, 4.69) is 36.2 Å². The summed E-state index contributed by atoms with van der Waals surface area (Å²) in [7, 11) is 1.66. The summed E-state index contributed by atoms with van der Waals surface area (Å²) >= 11 is 0. The van der Waals surface area contributed by atoms with Crippen molar-refractivity contribution in [3.63, 3.8) is 0 Å². The molecule has 0 saturated carbocycles. The second kappa shape index (κ2) is 5.48. The van der Waals surface area contributed by atoms with E-state index in [1.807, 2.05) is 22.8 Å². The van der Waals surface area contributed by atoms with Crippen LogP contribution >= 0.6 is 0 Å². The van der Waals surface area contributed by atoms with Crippen LogP contribution < -0.4 is 10.5 Å². The van der Waals surface area contributed by atoms with E-state index in [0.29, 0.717) is 5.95 Å². The molecule has 2 N–H and O–H groups in total. The Hall–Kier alpha value is -2.49. The molecule has 0 spiro atoms. The maximum absolute atomic E-state index is 6.10. The Morgan fingerprint density at radius 1 is 1.14 bits per heavy atom. The van der Waals surface area contributed by atoms with E-state index in [9.17, 15) is 0 Å². The van der Waals surface area contributed by atoms with Crippen molar-refractivity contribution in [2.45, 2.75) is 19.9 Å². The number of rotatable bonds is 4. The molecule has 1 heterocycles. The molecule has 0 aliphatic heterocycles. The van der Waals surface area contributed by atoms with E-state index in [0.717, 1.165) is 29.7 Å².